The standard InChI is InChI=1S/C13H20BrN3O2S/c1-8-13(9(2)16(3)15-8)20(18,19)17-11-4-5-12(17)7-10(14)6-11/h10-12H,4-7H2,1-3H3. The molecular formula is C13H20BrN3O2S. The van der Waals surface area contributed by atoms with Crippen molar-refractivity contribution >= 4 is 26.0 Å². The second kappa shape index (κ2) is 4.81. The maximum Gasteiger partial charge on any atom is 0.247 e. The average molecular weight is 362 g/mol. The molecule has 2 fully saturated rings. The quantitative estimate of drug-likeness (QED) is 0.758. The highest BCUT2D eigenvalue weighted by Gasteiger charge is 2.47. The Morgan fingerprint density at radius 2 is 1.75 bits per heavy atom. The second-order valence-electron chi connectivity index (χ2n) is 5.91. The van der Waals surface area contributed by atoms with Crippen LogP contribution in [0.15, 0.2) is 4.90 Å². The Morgan fingerprint density at radius 3 is 2.20 bits per heavy atom. The zero-order valence-corrected chi connectivity index (χ0v) is 14.4. The van der Waals surface area contributed by atoms with E-state index in [9.17, 15) is 8.42 Å². The predicted octanol–water partition coefficient (Wildman–Crippen LogP) is 2.12. The summed E-state index contributed by atoms with van der Waals surface area (Å²) in [6, 6.07) is 0.282. The first-order chi connectivity index (χ1) is 9.32. The largest absolute Gasteiger partial charge is 0.271 e. The maximum absolute atomic E-state index is 13.1. The van der Waals surface area contributed by atoms with E-state index >= 15 is 0 Å². The topological polar surface area (TPSA) is 55.2 Å². The molecule has 2 aliphatic heterocycles. The second-order valence-corrected chi connectivity index (χ2v) is 8.99. The number of alkyl halides is 1. The van der Waals surface area contributed by atoms with Crippen LogP contribution in [0.2, 0.25) is 0 Å². The van der Waals surface area contributed by atoms with Crippen LogP contribution in [0.1, 0.15) is 37.1 Å². The van der Waals surface area contributed by atoms with Gasteiger partial charge < -0.3 is 0 Å². The smallest absolute Gasteiger partial charge is 0.247 e. The van der Waals surface area contributed by atoms with Crippen LogP contribution in [0.5, 0.6) is 0 Å². The Kier molecular flexibility index (Phi) is 3.50. The highest BCUT2D eigenvalue weighted by atomic mass is 79.9. The van der Waals surface area contributed by atoms with Gasteiger partial charge in [0.2, 0.25) is 10.0 Å². The minimum Gasteiger partial charge on any atom is -0.271 e. The molecule has 1 aromatic heterocycles. The molecule has 1 aromatic rings. The number of rotatable bonds is 2. The zero-order valence-electron chi connectivity index (χ0n) is 12.0. The Morgan fingerprint density at radius 1 is 1.20 bits per heavy atom. The molecule has 20 heavy (non-hydrogen) atoms. The molecule has 0 N–H and O–H groups in total. The monoisotopic (exact) mass is 361 g/mol. The first-order valence-corrected chi connectivity index (χ1v) is 9.35. The molecular weight excluding hydrogens is 342 g/mol. The molecule has 2 saturated heterocycles. The van der Waals surface area contributed by atoms with Gasteiger partial charge in [0.25, 0.3) is 0 Å². The molecule has 112 valence electrons. The van der Waals surface area contributed by atoms with Gasteiger partial charge in [-0.1, -0.05) is 15.9 Å². The first kappa shape index (κ1) is 14.5. The molecule has 2 bridgehead atoms. The Labute approximate surface area is 128 Å². The third-order valence-corrected chi connectivity index (χ3v) is 7.59. The molecule has 2 unspecified atom stereocenters. The number of halogens is 1. The summed E-state index contributed by atoms with van der Waals surface area (Å²) in [5.41, 5.74) is 1.33. The molecule has 7 heteroatoms. The summed E-state index contributed by atoms with van der Waals surface area (Å²) in [6.45, 7) is 3.60. The van der Waals surface area contributed by atoms with E-state index in [1.165, 1.54) is 0 Å². The van der Waals surface area contributed by atoms with Crippen LogP contribution in [0, 0.1) is 13.8 Å². The van der Waals surface area contributed by atoms with Gasteiger partial charge in [0.15, 0.2) is 0 Å². The van der Waals surface area contributed by atoms with Crippen molar-refractivity contribution in [2.24, 2.45) is 7.05 Å². The molecule has 0 aromatic carbocycles. The fourth-order valence-electron chi connectivity index (χ4n) is 3.69. The van der Waals surface area contributed by atoms with Crippen LogP contribution in [0.3, 0.4) is 0 Å². The van der Waals surface area contributed by atoms with E-state index in [-0.39, 0.29) is 12.1 Å². The zero-order chi connectivity index (χ0) is 14.7. The van der Waals surface area contributed by atoms with Crippen molar-refractivity contribution < 1.29 is 8.42 Å². The summed E-state index contributed by atoms with van der Waals surface area (Å²) >= 11 is 3.65. The van der Waals surface area contributed by atoms with Crippen molar-refractivity contribution in [2.45, 2.75) is 61.3 Å². The number of piperidine rings is 1. The van der Waals surface area contributed by atoms with E-state index in [0.717, 1.165) is 31.4 Å². The van der Waals surface area contributed by atoms with Crippen molar-refractivity contribution in [3.05, 3.63) is 11.4 Å². The Hall–Kier alpha value is -0.400. The number of hydrogen-bond acceptors (Lipinski definition) is 3. The van der Waals surface area contributed by atoms with Gasteiger partial charge in [-0.2, -0.15) is 9.40 Å². The number of hydrogen-bond donors (Lipinski definition) is 0. The minimum atomic E-state index is -3.43. The van der Waals surface area contributed by atoms with Crippen molar-refractivity contribution in [1.29, 1.82) is 0 Å². The van der Waals surface area contributed by atoms with Crippen LogP contribution >= 0.6 is 15.9 Å². The van der Waals surface area contributed by atoms with E-state index in [1.807, 2.05) is 6.92 Å². The van der Waals surface area contributed by atoms with Gasteiger partial charge in [-0.3, -0.25) is 4.68 Å². The van der Waals surface area contributed by atoms with E-state index in [0.29, 0.717) is 15.4 Å². The number of fused-ring (bicyclic) bond motifs is 2. The third kappa shape index (κ3) is 2.05. The summed E-state index contributed by atoms with van der Waals surface area (Å²) in [6.07, 6.45) is 3.77. The molecule has 2 aliphatic rings. The molecule has 3 rings (SSSR count). The van der Waals surface area contributed by atoms with Gasteiger partial charge >= 0.3 is 0 Å². The van der Waals surface area contributed by atoms with Crippen LogP contribution in [0.4, 0.5) is 0 Å². The van der Waals surface area contributed by atoms with Crippen LogP contribution in [-0.4, -0.2) is 39.4 Å². The molecule has 0 amide bonds. The van der Waals surface area contributed by atoms with Crippen molar-refractivity contribution in [3.63, 3.8) is 0 Å². The SMILES string of the molecule is Cc1nn(C)c(C)c1S(=O)(=O)N1C2CCC1CC(Br)C2. The molecule has 0 radical (unpaired) electrons. The Bertz CT molecular complexity index is 626. The minimum absolute atomic E-state index is 0.141. The number of aromatic nitrogens is 2. The van der Waals surface area contributed by atoms with Crippen LogP contribution in [0.25, 0.3) is 0 Å². The molecule has 0 saturated carbocycles. The van der Waals surface area contributed by atoms with Gasteiger partial charge in [0.05, 0.1) is 11.4 Å². The van der Waals surface area contributed by atoms with Gasteiger partial charge in [-0.15, -0.1) is 0 Å². The predicted molar refractivity (Wildman–Crippen MR) is 80.5 cm³/mol. The van der Waals surface area contributed by atoms with E-state index in [2.05, 4.69) is 21.0 Å². The van der Waals surface area contributed by atoms with Crippen molar-refractivity contribution in [3.8, 4) is 0 Å². The van der Waals surface area contributed by atoms with Gasteiger partial charge in [-0.05, 0) is 39.5 Å². The number of sulfonamides is 1. The molecule has 5 nitrogen and oxygen atoms in total. The van der Waals surface area contributed by atoms with E-state index < -0.39 is 10.0 Å². The highest BCUT2D eigenvalue weighted by Crippen LogP contribution is 2.42. The molecule has 0 aliphatic carbocycles. The molecule has 0 spiro atoms. The number of nitrogens with zero attached hydrogens (tertiary/aromatic N) is 3. The van der Waals surface area contributed by atoms with Crippen LogP contribution in [-0.2, 0) is 17.1 Å². The lowest BCUT2D eigenvalue weighted by atomic mass is 10.1. The lowest BCUT2D eigenvalue weighted by molar-refractivity contribution is 0.255. The lowest BCUT2D eigenvalue weighted by Gasteiger charge is -2.36. The fraction of sp³-hybridized carbons (Fsp3) is 0.769. The molecule has 2 atom stereocenters. The highest BCUT2D eigenvalue weighted by molar-refractivity contribution is 9.09. The maximum atomic E-state index is 13.1. The summed E-state index contributed by atoms with van der Waals surface area (Å²) < 4.78 is 29.6. The van der Waals surface area contributed by atoms with Gasteiger partial charge in [0.1, 0.15) is 4.90 Å². The normalized spacial score (nSPS) is 30.9. The average Bonchev–Trinajstić information content (AvgIpc) is 2.76. The summed E-state index contributed by atoms with van der Waals surface area (Å²) in [5.74, 6) is 0. The summed E-state index contributed by atoms with van der Waals surface area (Å²) in [7, 11) is -1.64. The van der Waals surface area contributed by atoms with Crippen LogP contribution < -0.4 is 0 Å². The van der Waals surface area contributed by atoms with Crippen molar-refractivity contribution in [1.82, 2.24) is 14.1 Å². The van der Waals surface area contributed by atoms with Crippen molar-refractivity contribution in [2.75, 3.05) is 0 Å². The number of aryl methyl sites for hydroxylation is 2. The fourth-order valence-corrected chi connectivity index (χ4v) is 6.85. The van der Waals surface area contributed by atoms with Gasteiger partial charge in [-0.25, -0.2) is 8.42 Å². The lowest BCUT2D eigenvalue weighted by Crippen LogP contribution is -2.46. The van der Waals surface area contributed by atoms with E-state index in [1.54, 1.807) is 23.0 Å². The third-order valence-electron chi connectivity index (χ3n) is 4.59. The summed E-state index contributed by atoms with van der Waals surface area (Å²) in [4.78, 5) is 0.854. The molecule has 3 heterocycles. The van der Waals surface area contributed by atoms with E-state index in [4.69, 9.17) is 0 Å². The Balaban J connectivity index is 2.05. The van der Waals surface area contributed by atoms with Gasteiger partial charge in [0, 0.05) is 24.0 Å². The summed E-state index contributed by atoms with van der Waals surface area (Å²) in [5, 5.41) is 4.26. The first-order valence-electron chi connectivity index (χ1n) is 7.00.